The Morgan fingerprint density at radius 3 is 2.42 bits per heavy atom. The molecule has 0 unspecified atom stereocenters. The molecule has 0 bridgehead atoms. The Morgan fingerprint density at radius 2 is 1.75 bits per heavy atom. The molecule has 0 saturated carbocycles. The number of carbonyl (C=O) groups excluding carboxylic acids is 2. The first-order chi connectivity index (χ1) is 11.4. The van der Waals surface area contributed by atoms with E-state index in [4.69, 9.17) is 23.2 Å². The summed E-state index contributed by atoms with van der Waals surface area (Å²) in [6, 6.07) is 10.4. The molecule has 0 atom stereocenters. The van der Waals surface area contributed by atoms with Crippen LogP contribution in [-0.4, -0.2) is 11.8 Å². The highest BCUT2D eigenvalue weighted by Crippen LogP contribution is 2.21. The standard InChI is InChI=1S/C17H13Cl2FN2O2/c18-13-5-3-12(15(19)10-13)4-8-16(23)21-22-17(24)9-11-1-6-14(20)7-2-11/h1-8,10H,9H2,(H,21,23)(H,22,24)/b8-4+. The third kappa shape index (κ3) is 5.68. The molecule has 124 valence electrons. The van der Waals surface area contributed by atoms with Gasteiger partial charge >= 0.3 is 0 Å². The Hall–Kier alpha value is -2.37. The largest absolute Gasteiger partial charge is 0.273 e. The maximum Gasteiger partial charge on any atom is 0.262 e. The van der Waals surface area contributed by atoms with E-state index in [1.54, 1.807) is 18.2 Å². The Kier molecular flexibility index (Phi) is 6.35. The zero-order chi connectivity index (χ0) is 17.5. The summed E-state index contributed by atoms with van der Waals surface area (Å²) in [7, 11) is 0. The summed E-state index contributed by atoms with van der Waals surface area (Å²) in [5.41, 5.74) is 5.77. The van der Waals surface area contributed by atoms with Gasteiger partial charge in [-0.3, -0.25) is 20.4 Å². The number of nitrogens with one attached hydrogen (secondary N) is 2. The summed E-state index contributed by atoms with van der Waals surface area (Å²) < 4.78 is 12.8. The highest BCUT2D eigenvalue weighted by molar-refractivity contribution is 6.35. The number of benzene rings is 2. The van der Waals surface area contributed by atoms with Crippen LogP contribution in [0.3, 0.4) is 0 Å². The van der Waals surface area contributed by atoms with Gasteiger partial charge in [0.15, 0.2) is 0 Å². The number of carbonyl (C=O) groups is 2. The molecule has 0 fully saturated rings. The molecule has 2 amide bonds. The van der Waals surface area contributed by atoms with Gasteiger partial charge < -0.3 is 0 Å². The average molecular weight is 367 g/mol. The van der Waals surface area contributed by atoms with E-state index in [-0.39, 0.29) is 12.2 Å². The molecule has 0 heterocycles. The number of rotatable bonds is 4. The number of halogens is 3. The highest BCUT2D eigenvalue weighted by atomic mass is 35.5. The minimum atomic E-state index is -0.520. The molecule has 0 aliphatic heterocycles. The third-order valence-electron chi connectivity index (χ3n) is 2.98. The van der Waals surface area contributed by atoms with Gasteiger partial charge in [0.1, 0.15) is 5.82 Å². The number of hydrogen-bond acceptors (Lipinski definition) is 2. The molecule has 2 rings (SSSR count). The Bertz CT molecular complexity index is 777. The smallest absolute Gasteiger partial charge is 0.262 e. The van der Waals surface area contributed by atoms with Crippen LogP contribution in [0, 0.1) is 5.82 Å². The lowest BCUT2D eigenvalue weighted by Gasteiger charge is -2.05. The molecule has 2 aromatic carbocycles. The monoisotopic (exact) mass is 366 g/mol. The molecule has 0 aliphatic rings. The third-order valence-corrected chi connectivity index (χ3v) is 3.54. The van der Waals surface area contributed by atoms with Crippen molar-refractivity contribution in [3.05, 3.63) is 75.5 Å². The van der Waals surface area contributed by atoms with Crippen LogP contribution in [0.25, 0.3) is 6.08 Å². The van der Waals surface area contributed by atoms with Gasteiger partial charge in [0.05, 0.1) is 6.42 Å². The predicted molar refractivity (Wildman–Crippen MR) is 91.9 cm³/mol. The van der Waals surface area contributed by atoms with Gasteiger partial charge in [-0.15, -0.1) is 0 Å². The van der Waals surface area contributed by atoms with E-state index in [2.05, 4.69) is 10.9 Å². The van der Waals surface area contributed by atoms with Crippen LogP contribution < -0.4 is 10.9 Å². The van der Waals surface area contributed by atoms with Gasteiger partial charge in [-0.1, -0.05) is 41.4 Å². The van der Waals surface area contributed by atoms with Crippen molar-refractivity contribution in [2.75, 3.05) is 0 Å². The molecule has 7 heteroatoms. The predicted octanol–water partition coefficient (Wildman–Crippen LogP) is 3.54. The fraction of sp³-hybridized carbons (Fsp3) is 0.0588. The molecule has 24 heavy (non-hydrogen) atoms. The minimum Gasteiger partial charge on any atom is -0.273 e. The van der Waals surface area contributed by atoms with E-state index >= 15 is 0 Å². The summed E-state index contributed by atoms with van der Waals surface area (Å²) in [5, 5.41) is 0.904. The molecule has 0 aromatic heterocycles. The quantitative estimate of drug-likeness (QED) is 0.642. The van der Waals surface area contributed by atoms with Crippen LogP contribution in [0.2, 0.25) is 10.0 Å². The van der Waals surface area contributed by atoms with E-state index in [0.29, 0.717) is 21.2 Å². The lowest BCUT2D eigenvalue weighted by atomic mass is 10.1. The summed E-state index contributed by atoms with van der Waals surface area (Å²) in [4.78, 5) is 23.4. The summed E-state index contributed by atoms with van der Waals surface area (Å²) in [6.07, 6.45) is 2.75. The van der Waals surface area contributed by atoms with E-state index in [9.17, 15) is 14.0 Å². The fourth-order valence-corrected chi connectivity index (χ4v) is 2.28. The summed E-state index contributed by atoms with van der Waals surface area (Å²) >= 11 is 11.8. The molecule has 2 N–H and O–H groups in total. The molecule has 0 saturated heterocycles. The normalized spacial score (nSPS) is 10.6. The zero-order valence-corrected chi connectivity index (χ0v) is 13.9. The van der Waals surface area contributed by atoms with Gasteiger partial charge in [-0.2, -0.15) is 0 Å². The molecule has 0 radical (unpaired) electrons. The first-order valence-corrected chi connectivity index (χ1v) is 7.66. The first kappa shape index (κ1) is 18.0. The van der Waals surface area contributed by atoms with Crippen molar-refractivity contribution < 1.29 is 14.0 Å². The Labute approximate surface area is 148 Å². The van der Waals surface area contributed by atoms with Crippen LogP contribution in [0.5, 0.6) is 0 Å². The molecule has 4 nitrogen and oxygen atoms in total. The van der Waals surface area contributed by atoms with E-state index in [1.165, 1.54) is 36.4 Å². The second kappa shape index (κ2) is 8.47. The summed E-state index contributed by atoms with van der Waals surface area (Å²) in [5.74, 6) is -1.32. The Balaban J connectivity index is 1.83. The SMILES string of the molecule is O=C(/C=C/c1ccc(Cl)cc1Cl)NNC(=O)Cc1ccc(F)cc1. The van der Waals surface area contributed by atoms with Gasteiger partial charge in [-0.25, -0.2) is 4.39 Å². The zero-order valence-electron chi connectivity index (χ0n) is 12.4. The van der Waals surface area contributed by atoms with Crippen molar-refractivity contribution in [3.63, 3.8) is 0 Å². The minimum absolute atomic E-state index is 0.0211. The molecule has 2 aromatic rings. The van der Waals surface area contributed by atoms with Crippen molar-refractivity contribution >= 4 is 41.1 Å². The van der Waals surface area contributed by atoms with Crippen molar-refractivity contribution in [2.24, 2.45) is 0 Å². The van der Waals surface area contributed by atoms with E-state index in [0.717, 1.165) is 0 Å². The fourth-order valence-electron chi connectivity index (χ4n) is 1.81. The number of hydrazine groups is 1. The van der Waals surface area contributed by atoms with Gasteiger partial charge in [0.25, 0.3) is 5.91 Å². The van der Waals surface area contributed by atoms with Crippen LogP contribution in [0.15, 0.2) is 48.5 Å². The van der Waals surface area contributed by atoms with E-state index < -0.39 is 11.8 Å². The first-order valence-electron chi connectivity index (χ1n) is 6.90. The Morgan fingerprint density at radius 1 is 1.04 bits per heavy atom. The van der Waals surface area contributed by atoms with Crippen molar-refractivity contribution in [3.8, 4) is 0 Å². The molecule has 0 aliphatic carbocycles. The lowest BCUT2D eigenvalue weighted by Crippen LogP contribution is -2.41. The van der Waals surface area contributed by atoms with Crippen LogP contribution in [0.1, 0.15) is 11.1 Å². The number of amides is 2. The van der Waals surface area contributed by atoms with Crippen LogP contribution in [0.4, 0.5) is 4.39 Å². The second-order valence-electron chi connectivity index (χ2n) is 4.84. The van der Waals surface area contributed by atoms with Crippen LogP contribution >= 0.6 is 23.2 Å². The van der Waals surface area contributed by atoms with Crippen molar-refractivity contribution in [2.45, 2.75) is 6.42 Å². The second-order valence-corrected chi connectivity index (χ2v) is 5.68. The maximum absolute atomic E-state index is 12.8. The van der Waals surface area contributed by atoms with Crippen molar-refractivity contribution in [1.82, 2.24) is 10.9 Å². The summed E-state index contributed by atoms with van der Waals surface area (Å²) in [6.45, 7) is 0. The topological polar surface area (TPSA) is 58.2 Å². The maximum atomic E-state index is 12.8. The molecular weight excluding hydrogens is 354 g/mol. The molecule has 0 spiro atoms. The molecular formula is C17H13Cl2FN2O2. The van der Waals surface area contributed by atoms with Gasteiger partial charge in [0, 0.05) is 16.1 Å². The lowest BCUT2D eigenvalue weighted by molar-refractivity contribution is -0.126. The van der Waals surface area contributed by atoms with Crippen LogP contribution in [-0.2, 0) is 16.0 Å². The van der Waals surface area contributed by atoms with Gasteiger partial charge in [0.2, 0.25) is 5.91 Å². The van der Waals surface area contributed by atoms with Gasteiger partial charge in [-0.05, 0) is 41.5 Å². The highest BCUT2D eigenvalue weighted by Gasteiger charge is 2.05. The average Bonchev–Trinajstić information content (AvgIpc) is 2.54. The van der Waals surface area contributed by atoms with Crippen molar-refractivity contribution in [1.29, 1.82) is 0 Å². The number of hydrogen-bond donors (Lipinski definition) is 2. The van der Waals surface area contributed by atoms with E-state index in [1.807, 2.05) is 0 Å².